The van der Waals surface area contributed by atoms with Gasteiger partial charge in [0.25, 0.3) is 0 Å². The van der Waals surface area contributed by atoms with Crippen molar-refractivity contribution in [1.82, 2.24) is 5.32 Å². The fourth-order valence-electron chi connectivity index (χ4n) is 4.41. The summed E-state index contributed by atoms with van der Waals surface area (Å²) >= 11 is 0. The Morgan fingerprint density at radius 2 is 1.78 bits per heavy atom. The van der Waals surface area contributed by atoms with Crippen LogP contribution in [-0.4, -0.2) is 66.1 Å². The first-order valence-corrected chi connectivity index (χ1v) is 12.2. The molecular weight excluding hydrogens is 482 g/mol. The lowest BCUT2D eigenvalue weighted by Crippen LogP contribution is -2.68. The summed E-state index contributed by atoms with van der Waals surface area (Å²) in [6.07, 6.45) is -5.26. The van der Waals surface area contributed by atoms with Crippen LogP contribution in [0, 0.1) is 0 Å². The topological polar surface area (TPSA) is 130 Å². The first-order valence-electron chi connectivity index (χ1n) is 12.2. The van der Waals surface area contributed by atoms with Crippen molar-refractivity contribution in [2.24, 2.45) is 0 Å². The smallest absolute Gasteiger partial charge is 0.332 e. The van der Waals surface area contributed by atoms with Gasteiger partial charge in [0.1, 0.15) is 30.1 Å². The molecule has 0 bridgehead atoms. The molecule has 2 aromatic carbocycles. The van der Waals surface area contributed by atoms with Crippen molar-refractivity contribution in [1.29, 1.82) is 0 Å². The summed E-state index contributed by atoms with van der Waals surface area (Å²) in [7, 11) is 0. The van der Waals surface area contributed by atoms with Crippen LogP contribution in [0.5, 0.6) is 5.75 Å². The summed E-state index contributed by atoms with van der Waals surface area (Å²) in [5.41, 5.74) is 1.14. The normalized spacial score (nSPS) is 28.0. The van der Waals surface area contributed by atoms with E-state index in [1.165, 1.54) is 13.8 Å². The molecule has 2 aliphatic rings. The van der Waals surface area contributed by atoms with Crippen LogP contribution in [0.15, 0.2) is 54.6 Å². The lowest BCUT2D eigenvalue weighted by atomic mass is 9.95. The number of Topliss-reactive ketones (excluding diaryl/α,β-unsaturated/α-hetero) is 1. The second-order valence-corrected chi connectivity index (χ2v) is 8.92. The van der Waals surface area contributed by atoms with Crippen LogP contribution < -0.4 is 10.1 Å². The zero-order chi connectivity index (χ0) is 26.5. The molecule has 2 aliphatic heterocycles. The molecule has 4 rings (SSSR count). The van der Waals surface area contributed by atoms with Gasteiger partial charge >= 0.3 is 5.97 Å². The van der Waals surface area contributed by atoms with Crippen LogP contribution in [0.25, 0.3) is 0 Å². The lowest BCUT2D eigenvalue weighted by Gasteiger charge is -2.49. The number of rotatable bonds is 9. The van der Waals surface area contributed by atoms with Crippen molar-refractivity contribution in [3.63, 3.8) is 0 Å². The number of benzene rings is 2. The van der Waals surface area contributed by atoms with Gasteiger partial charge in [-0.25, -0.2) is 4.79 Å². The summed E-state index contributed by atoms with van der Waals surface area (Å²) in [6, 6.07) is 15.1. The van der Waals surface area contributed by atoms with Gasteiger partial charge in [-0.15, -0.1) is 0 Å². The Balaban J connectivity index is 1.68. The van der Waals surface area contributed by atoms with Gasteiger partial charge in [-0.05, 0) is 19.1 Å². The summed E-state index contributed by atoms with van der Waals surface area (Å²) in [6.45, 7) is 4.58. The molecule has 0 aromatic heterocycles. The van der Waals surface area contributed by atoms with Crippen molar-refractivity contribution in [2.75, 3.05) is 6.61 Å². The number of hydrogen-bond donors (Lipinski definition) is 2. The number of para-hydroxylation sites is 1. The van der Waals surface area contributed by atoms with E-state index in [0.29, 0.717) is 5.56 Å². The molecule has 1 amide bonds. The van der Waals surface area contributed by atoms with E-state index in [9.17, 15) is 19.5 Å². The molecule has 0 spiro atoms. The summed E-state index contributed by atoms with van der Waals surface area (Å²) < 4.78 is 30.5. The number of carbonyl (C=O) groups excluding carboxylic acids is 2. The highest BCUT2D eigenvalue weighted by atomic mass is 16.8. The zero-order valence-corrected chi connectivity index (χ0v) is 20.9. The van der Waals surface area contributed by atoms with E-state index in [1.54, 1.807) is 31.2 Å². The van der Waals surface area contributed by atoms with E-state index in [1.807, 2.05) is 30.3 Å². The third kappa shape index (κ3) is 6.16. The first-order chi connectivity index (χ1) is 17.8. The third-order valence-electron chi connectivity index (χ3n) is 6.24. The van der Waals surface area contributed by atoms with Gasteiger partial charge in [0.05, 0.1) is 12.2 Å². The predicted octanol–water partition coefficient (Wildman–Crippen LogP) is 2.86. The number of carboxylic acids is 1. The Labute approximate surface area is 214 Å². The van der Waals surface area contributed by atoms with Gasteiger partial charge in [0, 0.05) is 18.9 Å². The molecule has 2 saturated heterocycles. The van der Waals surface area contributed by atoms with Crippen molar-refractivity contribution < 1.29 is 43.2 Å². The molecule has 7 atom stereocenters. The highest BCUT2D eigenvalue weighted by molar-refractivity contribution is 5.98. The monoisotopic (exact) mass is 513 g/mol. The lowest BCUT2D eigenvalue weighted by molar-refractivity contribution is -0.340. The SMILES string of the molecule is CCC(=O)c1ccccc1OC1OC2COC(c3ccccc3)OC2C(OC(C)C(=O)O)C1NC(C)=O. The minimum Gasteiger partial charge on any atom is -0.479 e. The van der Waals surface area contributed by atoms with E-state index in [-0.39, 0.29) is 24.6 Å². The largest absolute Gasteiger partial charge is 0.479 e. The Morgan fingerprint density at radius 3 is 2.46 bits per heavy atom. The standard InChI is InChI=1S/C27H31NO9/c1-4-19(30)18-12-8-9-13-20(18)35-27-22(28-16(3)29)24(34-15(2)25(31)32)23-21(36-27)14-33-26(37-23)17-10-6-5-7-11-17/h5-13,15,21-24,26-27H,4,14H2,1-3H3,(H,28,29)(H,31,32). The Morgan fingerprint density at radius 1 is 1.08 bits per heavy atom. The second kappa shape index (κ2) is 11.8. The maximum atomic E-state index is 12.5. The maximum absolute atomic E-state index is 12.5. The van der Waals surface area contributed by atoms with Crippen molar-refractivity contribution >= 4 is 17.7 Å². The van der Waals surface area contributed by atoms with E-state index < -0.39 is 54.9 Å². The number of ether oxygens (including phenoxy) is 5. The zero-order valence-electron chi connectivity index (χ0n) is 20.9. The van der Waals surface area contributed by atoms with Crippen molar-refractivity contribution in [3.05, 3.63) is 65.7 Å². The van der Waals surface area contributed by atoms with Crippen LogP contribution in [-0.2, 0) is 28.5 Å². The Bertz CT molecular complexity index is 1110. The van der Waals surface area contributed by atoms with E-state index >= 15 is 0 Å². The molecule has 198 valence electrons. The fraction of sp³-hybridized carbons (Fsp3) is 0.444. The van der Waals surface area contributed by atoms with Gasteiger partial charge < -0.3 is 34.1 Å². The van der Waals surface area contributed by atoms with Gasteiger partial charge in [0.2, 0.25) is 12.2 Å². The van der Waals surface area contributed by atoms with Crippen molar-refractivity contribution in [3.8, 4) is 5.75 Å². The predicted molar refractivity (Wildman–Crippen MR) is 130 cm³/mol. The molecule has 0 aliphatic carbocycles. The average Bonchev–Trinajstić information content (AvgIpc) is 2.90. The van der Waals surface area contributed by atoms with Crippen LogP contribution >= 0.6 is 0 Å². The van der Waals surface area contributed by atoms with E-state index in [2.05, 4.69) is 5.32 Å². The Hall–Kier alpha value is -3.31. The number of fused-ring (bicyclic) bond motifs is 1. The molecule has 2 fully saturated rings. The molecule has 2 aromatic rings. The van der Waals surface area contributed by atoms with Crippen LogP contribution in [0.3, 0.4) is 0 Å². The highest BCUT2D eigenvalue weighted by Crippen LogP contribution is 2.37. The molecule has 2 N–H and O–H groups in total. The highest BCUT2D eigenvalue weighted by Gasteiger charge is 2.53. The molecule has 7 unspecified atom stereocenters. The minimum atomic E-state index is -1.21. The minimum absolute atomic E-state index is 0.105. The number of carboxylic acid groups (broad SMARTS) is 1. The number of nitrogens with one attached hydrogen (secondary N) is 1. The van der Waals surface area contributed by atoms with Gasteiger partial charge in [-0.2, -0.15) is 0 Å². The quantitative estimate of drug-likeness (QED) is 0.486. The van der Waals surface area contributed by atoms with Gasteiger partial charge in [-0.3, -0.25) is 9.59 Å². The molecule has 37 heavy (non-hydrogen) atoms. The molecule has 0 radical (unpaired) electrons. The summed E-state index contributed by atoms with van der Waals surface area (Å²) in [5, 5.41) is 12.3. The van der Waals surface area contributed by atoms with Gasteiger partial charge in [-0.1, -0.05) is 49.4 Å². The molecule has 10 heteroatoms. The van der Waals surface area contributed by atoms with Crippen molar-refractivity contribution in [2.45, 2.75) is 70.2 Å². The van der Waals surface area contributed by atoms with Crippen LogP contribution in [0.4, 0.5) is 0 Å². The number of amides is 1. The van der Waals surface area contributed by atoms with E-state index in [4.69, 9.17) is 23.7 Å². The van der Waals surface area contributed by atoms with Gasteiger partial charge in [0.15, 0.2) is 18.2 Å². The summed E-state index contributed by atoms with van der Waals surface area (Å²) in [5.74, 6) is -1.42. The molecule has 0 saturated carbocycles. The number of carbonyl (C=O) groups is 3. The number of hydrogen-bond acceptors (Lipinski definition) is 8. The molecule has 10 nitrogen and oxygen atoms in total. The molecular formula is C27H31NO9. The first kappa shape index (κ1) is 26.7. The fourth-order valence-corrected chi connectivity index (χ4v) is 4.41. The van der Waals surface area contributed by atoms with Crippen LogP contribution in [0.2, 0.25) is 0 Å². The van der Waals surface area contributed by atoms with Crippen LogP contribution in [0.1, 0.15) is 49.4 Å². The molecule has 2 heterocycles. The number of ketones is 1. The second-order valence-electron chi connectivity index (χ2n) is 8.92. The average molecular weight is 514 g/mol. The maximum Gasteiger partial charge on any atom is 0.332 e. The summed E-state index contributed by atoms with van der Waals surface area (Å²) in [4.78, 5) is 36.4. The third-order valence-corrected chi connectivity index (χ3v) is 6.24. The Kier molecular flexibility index (Phi) is 8.55. The number of aliphatic carboxylic acids is 1. The van der Waals surface area contributed by atoms with E-state index in [0.717, 1.165) is 5.56 Å².